The average Bonchev–Trinajstić information content (AvgIpc) is 2.58. The Labute approximate surface area is 112 Å². The summed E-state index contributed by atoms with van der Waals surface area (Å²) in [5, 5.41) is 15.6. The van der Waals surface area contributed by atoms with Crippen LogP contribution < -0.4 is 5.32 Å². The van der Waals surface area contributed by atoms with E-state index in [0.29, 0.717) is 6.54 Å². The maximum absolute atomic E-state index is 11.8. The Bertz CT molecular complexity index is 482. The molecule has 0 saturated carbocycles. The van der Waals surface area contributed by atoms with Crippen LogP contribution in [0.15, 0.2) is 0 Å². The number of hydrogen-bond acceptors (Lipinski definition) is 3. The smallest absolute Gasteiger partial charge is 0.317 e. The number of carbonyl (C=O) groups is 2. The highest BCUT2D eigenvalue weighted by Crippen LogP contribution is 2.11. The summed E-state index contributed by atoms with van der Waals surface area (Å²) in [6, 6.07) is -0.288. The lowest BCUT2D eigenvalue weighted by Gasteiger charge is -2.17. The molecule has 0 spiro atoms. The van der Waals surface area contributed by atoms with Crippen molar-refractivity contribution >= 4 is 12.0 Å². The van der Waals surface area contributed by atoms with Crippen molar-refractivity contribution in [2.45, 2.75) is 26.8 Å². The largest absolute Gasteiger partial charge is 0.481 e. The number of urea groups is 1. The topological polar surface area (TPSA) is 87.5 Å². The number of carboxylic acid groups (broad SMARTS) is 1. The lowest BCUT2D eigenvalue weighted by atomic mass is 10.2. The number of nitrogens with one attached hydrogen (secondary N) is 1. The van der Waals surface area contributed by atoms with Crippen LogP contribution in [0, 0.1) is 13.8 Å². The van der Waals surface area contributed by atoms with Crippen molar-refractivity contribution in [3.8, 4) is 0 Å². The van der Waals surface area contributed by atoms with Crippen molar-refractivity contribution < 1.29 is 14.7 Å². The summed E-state index contributed by atoms with van der Waals surface area (Å²) < 4.78 is 1.77. The molecule has 1 aromatic rings. The number of aromatic nitrogens is 2. The van der Waals surface area contributed by atoms with Gasteiger partial charge < -0.3 is 15.3 Å². The summed E-state index contributed by atoms with van der Waals surface area (Å²) in [5.74, 6) is -0.918. The van der Waals surface area contributed by atoms with Gasteiger partial charge in [0, 0.05) is 38.4 Å². The van der Waals surface area contributed by atoms with E-state index in [1.165, 1.54) is 4.90 Å². The lowest BCUT2D eigenvalue weighted by molar-refractivity contribution is -0.137. The molecular formula is C12H20N4O3. The molecular weight excluding hydrogens is 248 g/mol. The van der Waals surface area contributed by atoms with Crippen LogP contribution in [-0.2, 0) is 18.4 Å². The first kappa shape index (κ1) is 15.0. The van der Waals surface area contributed by atoms with Crippen molar-refractivity contribution in [2.75, 3.05) is 13.6 Å². The molecule has 0 aliphatic rings. The minimum absolute atomic E-state index is 0.0606. The van der Waals surface area contributed by atoms with Gasteiger partial charge in [-0.3, -0.25) is 9.48 Å². The number of aliphatic carboxylic acids is 1. The average molecular weight is 268 g/mol. The van der Waals surface area contributed by atoms with Gasteiger partial charge in [-0.15, -0.1) is 0 Å². The van der Waals surface area contributed by atoms with E-state index in [-0.39, 0.29) is 19.0 Å². The van der Waals surface area contributed by atoms with Crippen molar-refractivity contribution in [1.82, 2.24) is 20.0 Å². The van der Waals surface area contributed by atoms with Crippen LogP contribution in [0.4, 0.5) is 4.79 Å². The highest BCUT2D eigenvalue weighted by atomic mass is 16.4. The molecule has 2 amide bonds. The zero-order valence-electron chi connectivity index (χ0n) is 11.7. The Morgan fingerprint density at radius 2 is 2.05 bits per heavy atom. The molecule has 1 aromatic heterocycles. The highest BCUT2D eigenvalue weighted by Gasteiger charge is 2.13. The van der Waals surface area contributed by atoms with Crippen LogP contribution in [0.2, 0.25) is 0 Å². The van der Waals surface area contributed by atoms with Crippen LogP contribution in [-0.4, -0.2) is 45.4 Å². The molecule has 106 valence electrons. The molecule has 1 heterocycles. The number of hydrogen-bond donors (Lipinski definition) is 2. The minimum Gasteiger partial charge on any atom is -0.481 e. The van der Waals surface area contributed by atoms with E-state index in [1.54, 1.807) is 11.7 Å². The van der Waals surface area contributed by atoms with Crippen LogP contribution in [0.1, 0.15) is 23.4 Å². The fourth-order valence-electron chi connectivity index (χ4n) is 1.74. The molecule has 19 heavy (non-hydrogen) atoms. The van der Waals surface area contributed by atoms with E-state index >= 15 is 0 Å². The minimum atomic E-state index is -0.918. The van der Waals surface area contributed by atoms with E-state index in [9.17, 15) is 9.59 Å². The van der Waals surface area contributed by atoms with E-state index in [1.807, 2.05) is 20.9 Å². The molecule has 0 unspecified atom stereocenters. The van der Waals surface area contributed by atoms with Crippen molar-refractivity contribution in [1.29, 1.82) is 0 Å². The summed E-state index contributed by atoms with van der Waals surface area (Å²) in [4.78, 5) is 23.5. The predicted molar refractivity (Wildman–Crippen MR) is 69.8 cm³/mol. The van der Waals surface area contributed by atoms with Gasteiger partial charge in [0.15, 0.2) is 0 Å². The van der Waals surface area contributed by atoms with Gasteiger partial charge >= 0.3 is 12.0 Å². The normalized spacial score (nSPS) is 10.3. The fraction of sp³-hybridized carbons (Fsp3) is 0.583. The second-order valence-electron chi connectivity index (χ2n) is 4.50. The first-order valence-electron chi connectivity index (χ1n) is 6.02. The monoisotopic (exact) mass is 268 g/mol. The first-order chi connectivity index (χ1) is 8.82. The third-order valence-electron chi connectivity index (χ3n) is 3.08. The molecule has 2 N–H and O–H groups in total. The third-order valence-corrected chi connectivity index (χ3v) is 3.08. The zero-order valence-corrected chi connectivity index (χ0v) is 11.7. The van der Waals surface area contributed by atoms with Gasteiger partial charge in [-0.1, -0.05) is 0 Å². The second kappa shape index (κ2) is 6.21. The first-order valence-corrected chi connectivity index (χ1v) is 6.02. The molecule has 0 radical (unpaired) electrons. The van der Waals surface area contributed by atoms with Gasteiger partial charge in [0.2, 0.25) is 0 Å². The SMILES string of the molecule is Cc1nn(C)c(C)c1CNC(=O)N(C)CCC(=O)O. The van der Waals surface area contributed by atoms with Crippen LogP contribution in [0.3, 0.4) is 0 Å². The fourth-order valence-corrected chi connectivity index (χ4v) is 1.74. The second-order valence-corrected chi connectivity index (χ2v) is 4.50. The molecule has 1 rings (SSSR count). The maximum Gasteiger partial charge on any atom is 0.317 e. The number of carbonyl (C=O) groups excluding carboxylic acids is 1. The van der Waals surface area contributed by atoms with E-state index in [0.717, 1.165) is 17.0 Å². The van der Waals surface area contributed by atoms with E-state index < -0.39 is 5.97 Å². The van der Waals surface area contributed by atoms with Gasteiger partial charge in [-0.25, -0.2) is 4.79 Å². The number of nitrogens with zero attached hydrogens (tertiary/aromatic N) is 3. The molecule has 0 saturated heterocycles. The quantitative estimate of drug-likeness (QED) is 0.821. The summed E-state index contributed by atoms with van der Waals surface area (Å²) in [6.07, 6.45) is -0.0606. The Morgan fingerprint density at radius 1 is 1.42 bits per heavy atom. The standard InChI is InChI=1S/C12H20N4O3/c1-8-10(9(2)16(4)14-8)7-13-12(19)15(3)6-5-11(17)18/h5-7H2,1-4H3,(H,13,19)(H,17,18). The Balaban J connectivity index is 2.52. The highest BCUT2D eigenvalue weighted by molar-refractivity contribution is 5.75. The van der Waals surface area contributed by atoms with Crippen molar-refractivity contribution in [3.05, 3.63) is 17.0 Å². The number of carboxylic acids is 1. The molecule has 7 heteroatoms. The number of aryl methyl sites for hydroxylation is 2. The Kier molecular flexibility index (Phi) is 4.91. The summed E-state index contributed by atoms with van der Waals surface area (Å²) in [5.41, 5.74) is 2.88. The van der Waals surface area contributed by atoms with Crippen molar-refractivity contribution in [3.63, 3.8) is 0 Å². The van der Waals surface area contributed by atoms with Crippen LogP contribution in [0.25, 0.3) is 0 Å². The van der Waals surface area contributed by atoms with Gasteiger partial charge in [-0.05, 0) is 13.8 Å². The van der Waals surface area contributed by atoms with E-state index in [4.69, 9.17) is 5.11 Å². The lowest BCUT2D eigenvalue weighted by Crippen LogP contribution is -2.38. The molecule has 0 atom stereocenters. The summed E-state index contributed by atoms with van der Waals surface area (Å²) in [6.45, 7) is 4.41. The Morgan fingerprint density at radius 3 is 2.53 bits per heavy atom. The molecule has 0 aliphatic heterocycles. The zero-order chi connectivity index (χ0) is 14.6. The van der Waals surface area contributed by atoms with Gasteiger partial charge in [0.05, 0.1) is 12.1 Å². The molecule has 0 fully saturated rings. The summed E-state index contributed by atoms with van der Waals surface area (Å²) in [7, 11) is 3.42. The molecule has 0 aromatic carbocycles. The maximum atomic E-state index is 11.8. The third kappa shape index (κ3) is 3.97. The van der Waals surface area contributed by atoms with Crippen LogP contribution >= 0.6 is 0 Å². The predicted octanol–water partition coefficient (Wildman–Crippen LogP) is 0.653. The van der Waals surface area contributed by atoms with Gasteiger partial charge in [0.1, 0.15) is 0 Å². The van der Waals surface area contributed by atoms with Crippen molar-refractivity contribution in [2.24, 2.45) is 7.05 Å². The van der Waals surface area contributed by atoms with Crippen LogP contribution in [0.5, 0.6) is 0 Å². The molecule has 0 aliphatic carbocycles. The molecule has 0 bridgehead atoms. The Hall–Kier alpha value is -2.05. The molecule has 7 nitrogen and oxygen atoms in total. The summed E-state index contributed by atoms with van der Waals surface area (Å²) >= 11 is 0. The van der Waals surface area contributed by atoms with E-state index in [2.05, 4.69) is 10.4 Å². The number of amides is 2. The van der Waals surface area contributed by atoms with Gasteiger partial charge in [0.25, 0.3) is 0 Å². The number of rotatable bonds is 5. The van der Waals surface area contributed by atoms with Gasteiger partial charge in [-0.2, -0.15) is 5.10 Å².